The fraction of sp³-hybridized carbons (Fsp3) is 0.538. The Balaban J connectivity index is 2.83. The maximum atomic E-state index is 5.48. The molecule has 0 saturated heterocycles. The lowest BCUT2D eigenvalue weighted by Crippen LogP contribution is -2.14. The van der Waals surface area contributed by atoms with Crippen LogP contribution in [0.5, 0.6) is 0 Å². The highest BCUT2D eigenvalue weighted by Crippen LogP contribution is 2.25. The van der Waals surface area contributed by atoms with Gasteiger partial charge in [0.05, 0.1) is 11.2 Å². The molecule has 0 aliphatic rings. The predicted octanol–water partition coefficient (Wildman–Crippen LogP) is 3.74. The van der Waals surface area contributed by atoms with Crippen LogP contribution in [0.3, 0.4) is 0 Å². The zero-order chi connectivity index (χ0) is 12.8. The van der Waals surface area contributed by atoms with E-state index in [9.17, 15) is 0 Å². The summed E-state index contributed by atoms with van der Waals surface area (Å²) in [6.45, 7) is 10.8. The van der Waals surface area contributed by atoms with Gasteiger partial charge in [0.1, 0.15) is 0 Å². The molecule has 2 aromatic heterocycles. The van der Waals surface area contributed by atoms with E-state index in [0.29, 0.717) is 6.04 Å². The van der Waals surface area contributed by atoms with Crippen LogP contribution in [0.1, 0.15) is 46.4 Å². The summed E-state index contributed by atoms with van der Waals surface area (Å²) in [6.07, 6.45) is 5.88. The van der Waals surface area contributed by atoms with Crippen LogP contribution in [0, 0.1) is 4.77 Å². The SMILES string of the molecule is CC(C)n1cc2c(C(C)(C)C)nccn2c1=S. The maximum Gasteiger partial charge on any atom is 0.184 e. The van der Waals surface area contributed by atoms with Crippen molar-refractivity contribution in [3.8, 4) is 0 Å². The first-order valence-corrected chi connectivity index (χ1v) is 6.32. The number of fused-ring (bicyclic) bond motifs is 1. The number of rotatable bonds is 1. The van der Waals surface area contributed by atoms with E-state index in [1.54, 1.807) is 0 Å². The van der Waals surface area contributed by atoms with Crippen LogP contribution in [0.15, 0.2) is 18.6 Å². The Hall–Kier alpha value is -1.16. The van der Waals surface area contributed by atoms with E-state index < -0.39 is 0 Å². The lowest BCUT2D eigenvalue weighted by molar-refractivity contribution is 0.571. The van der Waals surface area contributed by atoms with E-state index in [1.165, 1.54) is 0 Å². The molecule has 0 spiro atoms. The van der Waals surface area contributed by atoms with E-state index in [2.05, 4.69) is 50.4 Å². The summed E-state index contributed by atoms with van der Waals surface area (Å²) in [5, 5.41) is 0. The summed E-state index contributed by atoms with van der Waals surface area (Å²) >= 11 is 5.48. The van der Waals surface area contributed by atoms with Gasteiger partial charge in [-0.2, -0.15) is 0 Å². The monoisotopic (exact) mass is 249 g/mol. The van der Waals surface area contributed by atoms with Crippen molar-refractivity contribution in [2.45, 2.75) is 46.1 Å². The van der Waals surface area contributed by atoms with Gasteiger partial charge in [0.15, 0.2) is 4.77 Å². The third kappa shape index (κ3) is 2.02. The lowest BCUT2D eigenvalue weighted by Gasteiger charge is -2.18. The van der Waals surface area contributed by atoms with E-state index in [-0.39, 0.29) is 5.41 Å². The quantitative estimate of drug-likeness (QED) is 0.718. The van der Waals surface area contributed by atoms with Gasteiger partial charge in [0, 0.05) is 30.0 Å². The number of aromatic nitrogens is 3. The van der Waals surface area contributed by atoms with Crippen LogP contribution in [0.25, 0.3) is 5.52 Å². The molecule has 0 aromatic carbocycles. The van der Waals surface area contributed by atoms with Crippen LogP contribution in [-0.4, -0.2) is 14.0 Å². The molecule has 0 aliphatic heterocycles. The number of nitrogens with zero attached hydrogens (tertiary/aromatic N) is 3. The summed E-state index contributed by atoms with van der Waals surface area (Å²) in [4.78, 5) is 4.51. The Morgan fingerprint density at radius 3 is 2.47 bits per heavy atom. The highest BCUT2D eigenvalue weighted by atomic mass is 32.1. The van der Waals surface area contributed by atoms with Gasteiger partial charge in [-0.3, -0.25) is 9.38 Å². The lowest BCUT2D eigenvalue weighted by atomic mass is 9.91. The van der Waals surface area contributed by atoms with Gasteiger partial charge in [-0.25, -0.2) is 0 Å². The van der Waals surface area contributed by atoms with Crippen molar-refractivity contribution in [2.75, 3.05) is 0 Å². The van der Waals surface area contributed by atoms with Crippen LogP contribution < -0.4 is 0 Å². The second-order valence-electron chi connectivity index (χ2n) is 5.69. The Morgan fingerprint density at radius 1 is 1.29 bits per heavy atom. The first kappa shape index (κ1) is 12.3. The fourth-order valence-electron chi connectivity index (χ4n) is 1.98. The molecule has 0 amide bonds. The van der Waals surface area contributed by atoms with Gasteiger partial charge in [-0.1, -0.05) is 20.8 Å². The third-order valence-corrected chi connectivity index (χ3v) is 3.28. The molecule has 0 N–H and O–H groups in total. The van der Waals surface area contributed by atoms with Crippen LogP contribution in [0.4, 0.5) is 0 Å². The number of hydrogen-bond donors (Lipinski definition) is 0. The van der Waals surface area contributed by atoms with E-state index >= 15 is 0 Å². The molecule has 2 heterocycles. The summed E-state index contributed by atoms with van der Waals surface area (Å²) in [7, 11) is 0. The van der Waals surface area contributed by atoms with Crippen molar-refractivity contribution < 1.29 is 0 Å². The molecule has 0 bridgehead atoms. The minimum absolute atomic E-state index is 0.0252. The van der Waals surface area contributed by atoms with Crippen molar-refractivity contribution in [1.29, 1.82) is 0 Å². The molecule has 0 aliphatic carbocycles. The van der Waals surface area contributed by atoms with Crippen molar-refractivity contribution in [2.24, 2.45) is 0 Å². The molecular weight excluding hydrogens is 230 g/mol. The van der Waals surface area contributed by atoms with Crippen molar-refractivity contribution in [3.05, 3.63) is 29.1 Å². The van der Waals surface area contributed by atoms with Gasteiger partial charge in [0.2, 0.25) is 0 Å². The highest BCUT2D eigenvalue weighted by Gasteiger charge is 2.20. The minimum Gasteiger partial charge on any atom is -0.320 e. The molecular formula is C13H19N3S. The summed E-state index contributed by atoms with van der Waals surface area (Å²) in [6, 6.07) is 0.371. The highest BCUT2D eigenvalue weighted by molar-refractivity contribution is 7.71. The fourth-order valence-corrected chi connectivity index (χ4v) is 2.41. The van der Waals surface area contributed by atoms with Gasteiger partial charge in [-0.05, 0) is 26.1 Å². The zero-order valence-corrected chi connectivity index (χ0v) is 11.9. The third-order valence-electron chi connectivity index (χ3n) is 2.88. The maximum absolute atomic E-state index is 5.48. The molecule has 17 heavy (non-hydrogen) atoms. The second kappa shape index (κ2) is 3.95. The largest absolute Gasteiger partial charge is 0.320 e. The first-order chi connectivity index (χ1) is 7.82. The van der Waals surface area contributed by atoms with Gasteiger partial charge >= 0.3 is 0 Å². The molecule has 0 radical (unpaired) electrons. The molecule has 0 saturated carbocycles. The standard InChI is InChI=1S/C13H19N3S/c1-9(2)16-8-10-11(13(3,4)5)14-6-7-15(10)12(16)17/h6-9H,1-5H3. The summed E-state index contributed by atoms with van der Waals surface area (Å²) in [5.41, 5.74) is 2.22. The normalized spacial score (nSPS) is 12.6. The molecule has 3 nitrogen and oxygen atoms in total. The Labute approximate surface area is 107 Å². The smallest absolute Gasteiger partial charge is 0.184 e. The van der Waals surface area contributed by atoms with Crippen LogP contribution in [0.2, 0.25) is 0 Å². The average Bonchev–Trinajstić information content (AvgIpc) is 2.55. The predicted molar refractivity (Wildman–Crippen MR) is 73.1 cm³/mol. The zero-order valence-electron chi connectivity index (χ0n) is 11.1. The average molecular weight is 249 g/mol. The van der Waals surface area contributed by atoms with Crippen molar-refractivity contribution in [3.63, 3.8) is 0 Å². The van der Waals surface area contributed by atoms with E-state index in [1.807, 2.05) is 16.8 Å². The van der Waals surface area contributed by atoms with Crippen molar-refractivity contribution in [1.82, 2.24) is 14.0 Å². The minimum atomic E-state index is 0.0252. The summed E-state index contributed by atoms with van der Waals surface area (Å²) < 4.78 is 4.99. The molecule has 2 rings (SSSR count). The number of imidazole rings is 1. The molecule has 92 valence electrons. The van der Waals surface area contributed by atoms with Crippen LogP contribution in [-0.2, 0) is 5.41 Å². The van der Waals surface area contributed by atoms with Gasteiger partial charge < -0.3 is 4.57 Å². The Bertz CT molecular complexity index is 599. The van der Waals surface area contributed by atoms with Gasteiger partial charge in [-0.15, -0.1) is 0 Å². The topological polar surface area (TPSA) is 22.2 Å². The van der Waals surface area contributed by atoms with Gasteiger partial charge in [0.25, 0.3) is 0 Å². The molecule has 0 unspecified atom stereocenters. The molecule has 4 heteroatoms. The first-order valence-electron chi connectivity index (χ1n) is 5.91. The van der Waals surface area contributed by atoms with E-state index in [0.717, 1.165) is 16.0 Å². The Morgan fingerprint density at radius 2 is 1.94 bits per heavy atom. The second-order valence-corrected chi connectivity index (χ2v) is 6.06. The number of hydrogen-bond acceptors (Lipinski definition) is 2. The summed E-state index contributed by atoms with van der Waals surface area (Å²) in [5.74, 6) is 0. The van der Waals surface area contributed by atoms with E-state index in [4.69, 9.17) is 12.2 Å². The molecule has 0 fully saturated rings. The molecule has 0 atom stereocenters. The van der Waals surface area contributed by atoms with Crippen LogP contribution >= 0.6 is 12.2 Å². The Kier molecular flexibility index (Phi) is 2.86. The molecule has 2 aromatic rings. The van der Waals surface area contributed by atoms with Crippen molar-refractivity contribution >= 4 is 17.7 Å².